The van der Waals surface area contributed by atoms with Crippen LogP contribution in [0.2, 0.25) is 0 Å². The molecule has 0 saturated carbocycles. The summed E-state index contributed by atoms with van der Waals surface area (Å²) in [6.45, 7) is 8.19. The van der Waals surface area contributed by atoms with Crippen molar-refractivity contribution in [3.05, 3.63) is 40.4 Å². The number of amides is 1. The van der Waals surface area contributed by atoms with E-state index in [0.717, 1.165) is 23.4 Å². The number of hydrogen-bond donors (Lipinski definition) is 2. The van der Waals surface area contributed by atoms with E-state index in [2.05, 4.69) is 20.8 Å². The topological polar surface area (TPSA) is 69.6 Å². The zero-order valence-corrected chi connectivity index (χ0v) is 16.3. The van der Waals surface area contributed by atoms with E-state index >= 15 is 0 Å². The monoisotopic (exact) mass is 375 g/mol. The van der Waals surface area contributed by atoms with E-state index in [0.29, 0.717) is 15.9 Å². The van der Waals surface area contributed by atoms with Gasteiger partial charge in [-0.3, -0.25) is 15.1 Å². The number of rotatable bonds is 5. The summed E-state index contributed by atoms with van der Waals surface area (Å²) < 4.78 is 0. The standard InChI is InChI=1S/C17H21N5OS2/c1-5-18-16(24)21-19-9-14-10-25-17(20-14)22(13(4)23)15-11(2)7-6-8-12(15)3/h6-10H,5H2,1-4H3,(H2,18,21,24)/b19-9-. The zero-order valence-electron chi connectivity index (χ0n) is 14.7. The molecule has 1 aromatic carbocycles. The van der Waals surface area contributed by atoms with Gasteiger partial charge in [-0.1, -0.05) is 18.2 Å². The molecule has 25 heavy (non-hydrogen) atoms. The van der Waals surface area contributed by atoms with Crippen LogP contribution in [0.4, 0.5) is 10.8 Å². The number of aromatic nitrogens is 1. The number of thiocarbonyl (C=S) groups is 1. The van der Waals surface area contributed by atoms with Gasteiger partial charge in [0.15, 0.2) is 10.2 Å². The molecule has 8 heteroatoms. The highest BCUT2D eigenvalue weighted by atomic mass is 32.1. The van der Waals surface area contributed by atoms with Crippen LogP contribution in [0.1, 0.15) is 30.7 Å². The highest BCUT2D eigenvalue weighted by Gasteiger charge is 2.21. The average molecular weight is 376 g/mol. The molecule has 0 spiro atoms. The number of carbonyl (C=O) groups excluding carboxylic acids is 1. The first-order valence-electron chi connectivity index (χ1n) is 7.83. The summed E-state index contributed by atoms with van der Waals surface area (Å²) in [7, 11) is 0. The van der Waals surface area contributed by atoms with Gasteiger partial charge in [0, 0.05) is 18.8 Å². The van der Waals surface area contributed by atoms with Gasteiger partial charge in [-0.05, 0) is 44.1 Å². The van der Waals surface area contributed by atoms with Crippen molar-refractivity contribution in [2.45, 2.75) is 27.7 Å². The third kappa shape index (κ3) is 4.83. The first-order valence-corrected chi connectivity index (χ1v) is 9.12. The van der Waals surface area contributed by atoms with Gasteiger partial charge in [0.2, 0.25) is 5.91 Å². The summed E-state index contributed by atoms with van der Waals surface area (Å²) in [5.41, 5.74) is 6.30. The number of carbonyl (C=O) groups is 1. The summed E-state index contributed by atoms with van der Waals surface area (Å²) >= 11 is 6.43. The lowest BCUT2D eigenvalue weighted by Gasteiger charge is -2.22. The van der Waals surface area contributed by atoms with Crippen molar-refractivity contribution in [1.29, 1.82) is 0 Å². The van der Waals surface area contributed by atoms with Gasteiger partial charge >= 0.3 is 0 Å². The quantitative estimate of drug-likeness (QED) is 0.477. The van der Waals surface area contributed by atoms with Crippen molar-refractivity contribution >= 4 is 51.6 Å². The van der Waals surface area contributed by atoms with Crippen LogP contribution in [0, 0.1) is 13.8 Å². The highest BCUT2D eigenvalue weighted by molar-refractivity contribution is 7.80. The molecule has 6 nitrogen and oxygen atoms in total. The first-order chi connectivity index (χ1) is 11.9. The number of hydrogen-bond acceptors (Lipinski definition) is 5. The molecule has 0 fully saturated rings. The number of benzene rings is 1. The Balaban J connectivity index is 2.24. The summed E-state index contributed by atoms with van der Waals surface area (Å²) in [5, 5.41) is 9.90. The van der Waals surface area contributed by atoms with Crippen molar-refractivity contribution in [2.75, 3.05) is 11.4 Å². The largest absolute Gasteiger partial charge is 0.362 e. The minimum atomic E-state index is -0.0818. The number of para-hydroxylation sites is 1. The first kappa shape index (κ1) is 19.0. The van der Waals surface area contributed by atoms with Gasteiger partial charge in [-0.15, -0.1) is 11.3 Å². The van der Waals surface area contributed by atoms with E-state index in [4.69, 9.17) is 12.2 Å². The average Bonchev–Trinajstić information content (AvgIpc) is 2.99. The number of anilines is 2. The molecule has 0 unspecified atom stereocenters. The van der Waals surface area contributed by atoms with Gasteiger partial charge in [0.05, 0.1) is 17.6 Å². The maximum Gasteiger partial charge on any atom is 0.230 e. The number of thiazole rings is 1. The van der Waals surface area contributed by atoms with Gasteiger partial charge in [-0.2, -0.15) is 5.10 Å². The fraction of sp³-hybridized carbons (Fsp3) is 0.294. The Labute approximate surface area is 157 Å². The molecule has 0 aliphatic carbocycles. The summed E-state index contributed by atoms with van der Waals surface area (Å²) in [6.07, 6.45) is 1.58. The van der Waals surface area contributed by atoms with Crippen LogP contribution in [0.5, 0.6) is 0 Å². The molecule has 0 saturated heterocycles. The lowest BCUT2D eigenvalue weighted by atomic mass is 10.1. The van der Waals surface area contributed by atoms with Crippen molar-refractivity contribution in [2.24, 2.45) is 5.10 Å². The predicted octanol–water partition coefficient (Wildman–Crippen LogP) is 3.26. The minimum absolute atomic E-state index is 0.0818. The second-order valence-electron chi connectivity index (χ2n) is 5.38. The van der Waals surface area contributed by atoms with Gasteiger partial charge < -0.3 is 5.32 Å². The molecule has 0 atom stereocenters. The summed E-state index contributed by atoms with van der Waals surface area (Å²) in [6, 6.07) is 5.95. The van der Waals surface area contributed by atoms with E-state index < -0.39 is 0 Å². The van der Waals surface area contributed by atoms with Gasteiger partial charge in [0.25, 0.3) is 0 Å². The second kappa shape index (κ2) is 8.68. The van der Waals surface area contributed by atoms with Crippen molar-refractivity contribution in [3.8, 4) is 0 Å². The Morgan fingerprint density at radius 1 is 1.40 bits per heavy atom. The molecular formula is C17H21N5OS2. The van der Waals surface area contributed by atoms with E-state index in [1.807, 2.05) is 44.4 Å². The van der Waals surface area contributed by atoms with E-state index in [9.17, 15) is 4.79 Å². The molecular weight excluding hydrogens is 354 g/mol. The fourth-order valence-electron chi connectivity index (χ4n) is 2.34. The van der Waals surface area contributed by atoms with Crippen LogP contribution in [0.3, 0.4) is 0 Å². The van der Waals surface area contributed by atoms with Crippen LogP contribution >= 0.6 is 23.6 Å². The molecule has 0 aliphatic heterocycles. The van der Waals surface area contributed by atoms with Crippen LogP contribution in [0.15, 0.2) is 28.7 Å². The van der Waals surface area contributed by atoms with E-state index in [1.54, 1.807) is 11.1 Å². The lowest BCUT2D eigenvalue weighted by Crippen LogP contribution is -2.31. The SMILES string of the molecule is CCNC(=S)N/N=C\c1csc(N(C(C)=O)c2c(C)cccc2C)n1. The smallest absolute Gasteiger partial charge is 0.230 e. The van der Waals surface area contributed by atoms with Gasteiger partial charge in [-0.25, -0.2) is 4.98 Å². The highest BCUT2D eigenvalue weighted by Crippen LogP contribution is 2.33. The molecule has 0 bridgehead atoms. The van der Waals surface area contributed by atoms with Crippen molar-refractivity contribution in [1.82, 2.24) is 15.7 Å². The van der Waals surface area contributed by atoms with E-state index in [-0.39, 0.29) is 5.91 Å². The van der Waals surface area contributed by atoms with Gasteiger partial charge in [0.1, 0.15) is 0 Å². The second-order valence-corrected chi connectivity index (χ2v) is 6.62. The lowest BCUT2D eigenvalue weighted by molar-refractivity contribution is -0.115. The van der Waals surface area contributed by atoms with Crippen LogP contribution in [0.25, 0.3) is 0 Å². The molecule has 0 radical (unpaired) electrons. The maximum absolute atomic E-state index is 12.3. The van der Waals surface area contributed by atoms with Crippen molar-refractivity contribution in [3.63, 3.8) is 0 Å². The third-order valence-electron chi connectivity index (χ3n) is 3.38. The number of aryl methyl sites for hydroxylation is 2. The fourth-order valence-corrected chi connectivity index (χ4v) is 3.36. The third-order valence-corrected chi connectivity index (χ3v) is 4.46. The molecule has 2 rings (SSSR count). The summed E-state index contributed by atoms with van der Waals surface area (Å²) in [5.74, 6) is -0.0818. The molecule has 1 heterocycles. The normalized spacial score (nSPS) is 10.7. The molecule has 2 aromatic rings. The van der Waals surface area contributed by atoms with Crippen LogP contribution in [-0.2, 0) is 4.79 Å². The molecule has 1 aromatic heterocycles. The molecule has 1 amide bonds. The van der Waals surface area contributed by atoms with Crippen molar-refractivity contribution < 1.29 is 4.79 Å². The molecule has 0 aliphatic rings. The molecule has 132 valence electrons. The number of nitrogens with zero attached hydrogens (tertiary/aromatic N) is 3. The number of hydrazone groups is 1. The Kier molecular flexibility index (Phi) is 6.60. The minimum Gasteiger partial charge on any atom is -0.362 e. The van der Waals surface area contributed by atoms with Crippen LogP contribution < -0.4 is 15.6 Å². The Bertz CT molecular complexity index is 780. The Morgan fingerprint density at radius 3 is 2.68 bits per heavy atom. The molecule has 2 N–H and O–H groups in total. The maximum atomic E-state index is 12.3. The zero-order chi connectivity index (χ0) is 18.4. The van der Waals surface area contributed by atoms with Crippen LogP contribution in [-0.4, -0.2) is 28.8 Å². The number of nitrogens with one attached hydrogen (secondary N) is 2. The predicted molar refractivity (Wildman–Crippen MR) is 108 cm³/mol. The Hall–Kier alpha value is -2.32. The Morgan fingerprint density at radius 2 is 2.08 bits per heavy atom. The van der Waals surface area contributed by atoms with E-state index in [1.165, 1.54) is 18.3 Å². The summed E-state index contributed by atoms with van der Waals surface area (Å²) in [4.78, 5) is 18.4.